The number of rotatable bonds is 6. The molecule has 1 fully saturated rings. The molecule has 0 aromatic heterocycles. The minimum absolute atomic E-state index is 0.526. The normalized spacial score (nSPS) is 22.6. The van der Waals surface area contributed by atoms with Gasteiger partial charge in [-0.1, -0.05) is 92.9 Å². The van der Waals surface area contributed by atoms with Crippen molar-refractivity contribution in [1.29, 1.82) is 0 Å². The van der Waals surface area contributed by atoms with Crippen molar-refractivity contribution >= 4 is 0 Å². The molecule has 0 bridgehead atoms. The van der Waals surface area contributed by atoms with Crippen molar-refractivity contribution in [3.05, 3.63) is 0 Å². The quantitative estimate of drug-likeness (QED) is 0.461. The van der Waals surface area contributed by atoms with E-state index >= 15 is 0 Å². The van der Waals surface area contributed by atoms with E-state index in [1.807, 2.05) is 0 Å². The largest absolute Gasteiger partial charge is 0.0628 e. The van der Waals surface area contributed by atoms with Crippen molar-refractivity contribution in [2.75, 3.05) is 0 Å². The molecular weight excluding hydrogens is 276 g/mol. The van der Waals surface area contributed by atoms with E-state index in [0.29, 0.717) is 5.41 Å². The van der Waals surface area contributed by atoms with Gasteiger partial charge >= 0.3 is 0 Å². The highest BCUT2D eigenvalue weighted by Crippen LogP contribution is 2.42. The van der Waals surface area contributed by atoms with Gasteiger partial charge in [0.05, 0.1) is 0 Å². The van der Waals surface area contributed by atoms with Gasteiger partial charge in [0.2, 0.25) is 0 Å². The summed E-state index contributed by atoms with van der Waals surface area (Å²) in [5.41, 5.74) is 0.526. The van der Waals surface area contributed by atoms with Crippen LogP contribution < -0.4 is 0 Å². The summed E-state index contributed by atoms with van der Waals surface area (Å²) >= 11 is 0. The number of hydrogen-bond donors (Lipinski definition) is 0. The lowest BCUT2D eigenvalue weighted by Crippen LogP contribution is -2.28. The molecule has 23 heavy (non-hydrogen) atoms. The first-order valence-electron chi connectivity index (χ1n) is 10.8. The Bertz CT molecular complexity index is 276. The van der Waals surface area contributed by atoms with E-state index in [9.17, 15) is 0 Å². The van der Waals surface area contributed by atoms with Gasteiger partial charge in [-0.2, -0.15) is 0 Å². The lowest BCUT2D eigenvalue weighted by Gasteiger charge is -2.38. The molecule has 0 heteroatoms. The molecule has 0 aromatic carbocycles. The third kappa shape index (κ3) is 8.59. The molecule has 2 atom stereocenters. The van der Waals surface area contributed by atoms with Crippen molar-refractivity contribution in [3.63, 3.8) is 0 Å². The fourth-order valence-corrected chi connectivity index (χ4v) is 4.94. The van der Waals surface area contributed by atoms with Gasteiger partial charge in [-0.3, -0.25) is 0 Å². The Morgan fingerprint density at radius 2 is 1.13 bits per heavy atom. The van der Waals surface area contributed by atoms with E-state index in [-0.39, 0.29) is 0 Å². The summed E-state index contributed by atoms with van der Waals surface area (Å²) < 4.78 is 0. The van der Waals surface area contributed by atoms with Gasteiger partial charge in [-0.05, 0) is 54.8 Å². The predicted octanol–water partition coefficient (Wildman–Crippen LogP) is 8.25. The molecule has 1 saturated carbocycles. The average molecular weight is 323 g/mol. The minimum atomic E-state index is 0.526. The maximum absolute atomic E-state index is 2.58. The summed E-state index contributed by atoms with van der Waals surface area (Å²) in [7, 11) is 0. The third-order valence-corrected chi connectivity index (χ3v) is 6.62. The summed E-state index contributed by atoms with van der Waals surface area (Å²) in [5, 5.41) is 0. The summed E-state index contributed by atoms with van der Waals surface area (Å²) in [6.07, 6.45) is 17.6. The molecule has 0 amide bonds. The highest BCUT2D eigenvalue weighted by Gasteiger charge is 2.31. The van der Waals surface area contributed by atoms with Gasteiger partial charge < -0.3 is 0 Å². The van der Waals surface area contributed by atoms with E-state index in [1.165, 1.54) is 77.0 Å². The number of hydrogen-bond acceptors (Lipinski definition) is 0. The second kappa shape index (κ2) is 10.8. The van der Waals surface area contributed by atoms with E-state index < -0.39 is 0 Å². The van der Waals surface area contributed by atoms with Crippen molar-refractivity contribution in [1.82, 2.24) is 0 Å². The fraction of sp³-hybridized carbons (Fsp3) is 1.00. The van der Waals surface area contributed by atoms with Crippen LogP contribution in [0.25, 0.3) is 0 Å². The van der Waals surface area contributed by atoms with Crippen LogP contribution in [0.15, 0.2) is 0 Å². The van der Waals surface area contributed by atoms with Crippen LogP contribution in [0.2, 0.25) is 0 Å². The predicted molar refractivity (Wildman–Crippen MR) is 106 cm³/mol. The van der Waals surface area contributed by atoms with Gasteiger partial charge in [0, 0.05) is 0 Å². The first kappa shape index (κ1) is 21.0. The SMILES string of the molecule is CC(C)CC(C)C(C)CC(C)(C)C1CCCCCCCCCC1. The van der Waals surface area contributed by atoms with Crippen molar-refractivity contribution < 1.29 is 0 Å². The molecule has 1 aliphatic carbocycles. The average Bonchev–Trinajstić information content (AvgIpc) is 2.51. The fourth-order valence-electron chi connectivity index (χ4n) is 4.94. The lowest BCUT2D eigenvalue weighted by atomic mass is 9.67. The molecular formula is C23H46. The Morgan fingerprint density at radius 1 is 0.696 bits per heavy atom. The topological polar surface area (TPSA) is 0 Å². The van der Waals surface area contributed by atoms with Crippen LogP contribution in [0.3, 0.4) is 0 Å². The van der Waals surface area contributed by atoms with Gasteiger partial charge in [0.15, 0.2) is 0 Å². The van der Waals surface area contributed by atoms with Gasteiger partial charge in [0.25, 0.3) is 0 Å². The summed E-state index contributed by atoms with van der Waals surface area (Å²) in [4.78, 5) is 0. The summed E-state index contributed by atoms with van der Waals surface area (Å²) in [6, 6.07) is 0. The van der Waals surface area contributed by atoms with Gasteiger partial charge in [-0.25, -0.2) is 0 Å². The first-order valence-corrected chi connectivity index (χ1v) is 10.8. The zero-order valence-corrected chi connectivity index (χ0v) is 17.3. The first-order chi connectivity index (χ1) is 10.8. The second-order valence-electron chi connectivity index (χ2n) is 9.88. The van der Waals surface area contributed by atoms with Crippen LogP contribution in [0.1, 0.15) is 119 Å². The molecule has 1 aliphatic rings. The van der Waals surface area contributed by atoms with E-state index in [1.54, 1.807) is 0 Å². The van der Waals surface area contributed by atoms with Crippen LogP contribution in [0.5, 0.6) is 0 Å². The Kier molecular flexibility index (Phi) is 9.86. The molecule has 0 N–H and O–H groups in total. The summed E-state index contributed by atoms with van der Waals surface area (Å²) in [5.74, 6) is 3.53. The molecule has 0 aliphatic heterocycles. The van der Waals surface area contributed by atoms with Crippen LogP contribution in [0, 0.1) is 29.1 Å². The van der Waals surface area contributed by atoms with Crippen molar-refractivity contribution in [2.24, 2.45) is 29.1 Å². The van der Waals surface area contributed by atoms with Gasteiger partial charge in [0.1, 0.15) is 0 Å². The van der Waals surface area contributed by atoms with Gasteiger partial charge in [-0.15, -0.1) is 0 Å². The standard InChI is InChI=1S/C23H46/c1-19(2)17-20(3)21(4)18-23(5,6)22-15-13-11-9-7-8-10-12-14-16-22/h19-22H,7-18H2,1-6H3. The van der Waals surface area contributed by atoms with E-state index in [2.05, 4.69) is 41.5 Å². The zero-order chi connectivity index (χ0) is 17.3. The molecule has 138 valence electrons. The van der Waals surface area contributed by atoms with Crippen LogP contribution >= 0.6 is 0 Å². The maximum Gasteiger partial charge on any atom is -0.0323 e. The Morgan fingerprint density at radius 3 is 1.57 bits per heavy atom. The monoisotopic (exact) mass is 322 g/mol. The van der Waals surface area contributed by atoms with Crippen LogP contribution in [-0.2, 0) is 0 Å². The molecule has 0 aromatic rings. The molecule has 0 radical (unpaired) electrons. The molecule has 2 unspecified atom stereocenters. The Labute approximate surface area is 148 Å². The summed E-state index contributed by atoms with van der Waals surface area (Å²) in [6.45, 7) is 14.9. The molecule has 0 spiro atoms. The van der Waals surface area contributed by atoms with E-state index in [0.717, 1.165) is 23.7 Å². The maximum atomic E-state index is 2.58. The van der Waals surface area contributed by atoms with Crippen molar-refractivity contribution in [2.45, 2.75) is 119 Å². The Balaban J connectivity index is 2.58. The second-order valence-corrected chi connectivity index (χ2v) is 9.88. The molecule has 0 saturated heterocycles. The minimum Gasteiger partial charge on any atom is -0.0628 e. The van der Waals surface area contributed by atoms with Crippen LogP contribution in [0.4, 0.5) is 0 Å². The molecule has 0 nitrogen and oxygen atoms in total. The zero-order valence-electron chi connectivity index (χ0n) is 17.3. The van der Waals surface area contributed by atoms with Crippen molar-refractivity contribution in [3.8, 4) is 0 Å². The van der Waals surface area contributed by atoms with Crippen LogP contribution in [-0.4, -0.2) is 0 Å². The lowest BCUT2D eigenvalue weighted by molar-refractivity contribution is 0.119. The highest BCUT2D eigenvalue weighted by molar-refractivity contribution is 4.82. The Hall–Kier alpha value is 0. The molecule has 1 rings (SSSR count). The van der Waals surface area contributed by atoms with E-state index in [4.69, 9.17) is 0 Å². The smallest absolute Gasteiger partial charge is 0.0323 e. The highest BCUT2D eigenvalue weighted by atomic mass is 14.4. The molecule has 0 heterocycles. The third-order valence-electron chi connectivity index (χ3n) is 6.62.